The summed E-state index contributed by atoms with van der Waals surface area (Å²) in [5, 5.41) is 0. The summed E-state index contributed by atoms with van der Waals surface area (Å²) in [5.74, 6) is 0. The van der Waals surface area contributed by atoms with E-state index in [1.807, 2.05) is 18.2 Å². The van der Waals surface area contributed by atoms with Crippen LogP contribution in [0, 0.1) is 0 Å². The summed E-state index contributed by atoms with van der Waals surface area (Å²) < 4.78 is 1.83. The van der Waals surface area contributed by atoms with Crippen molar-refractivity contribution in [1.29, 1.82) is 0 Å². The maximum absolute atomic E-state index is 7.23. The second-order valence-electron chi connectivity index (χ2n) is 6.81. The third-order valence-corrected chi connectivity index (χ3v) is 21.0. The van der Waals surface area contributed by atoms with Crippen LogP contribution >= 0.6 is 23.2 Å². The van der Waals surface area contributed by atoms with Crippen LogP contribution in [0.1, 0.15) is 47.1 Å². The lowest BCUT2D eigenvalue weighted by Crippen LogP contribution is -2.70. The number of halogens is 2. The van der Waals surface area contributed by atoms with Gasteiger partial charge < -0.3 is 4.23 Å². The van der Waals surface area contributed by atoms with Crippen molar-refractivity contribution in [1.82, 2.24) is 4.23 Å². The van der Waals surface area contributed by atoms with Gasteiger partial charge in [-0.3, -0.25) is 0 Å². The van der Waals surface area contributed by atoms with Crippen LogP contribution in [-0.4, -0.2) is 20.7 Å². The van der Waals surface area contributed by atoms with Gasteiger partial charge in [-0.25, -0.2) is 0 Å². The van der Waals surface area contributed by atoms with E-state index < -0.39 is 20.9 Å². The van der Waals surface area contributed by atoms with Gasteiger partial charge in [0.15, 0.2) is 4.46 Å². The number of benzene rings is 1. The van der Waals surface area contributed by atoms with Crippen molar-refractivity contribution in [3.63, 3.8) is 0 Å². The average molecular weight is 405 g/mol. The highest BCUT2D eigenvalue weighted by Gasteiger charge is 2.55. The fourth-order valence-electron chi connectivity index (χ4n) is 4.32. The predicted molar refractivity (Wildman–Crippen MR) is 116 cm³/mol. The third-order valence-electron chi connectivity index (χ3n) is 6.30. The molecule has 5 heteroatoms. The molecule has 0 aliphatic rings. The molecule has 0 unspecified atom stereocenters. The molecule has 1 rings (SSSR count). The first-order valence-electron chi connectivity index (χ1n) is 9.57. The molecule has 0 aliphatic heterocycles. The van der Waals surface area contributed by atoms with E-state index in [0.717, 1.165) is 5.56 Å². The largest absolute Gasteiger partial charge is 0.311 e. The van der Waals surface area contributed by atoms with Crippen molar-refractivity contribution >= 4 is 39.7 Å². The Morgan fingerprint density at radius 1 is 0.708 bits per heavy atom. The van der Waals surface area contributed by atoms with Crippen molar-refractivity contribution in [2.45, 2.75) is 82.3 Å². The number of rotatable bonds is 10. The lowest BCUT2D eigenvalue weighted by atomic mass is 10.2. The fourth-order valence-corrected chi connectivity index (χ4v) is 19.9. The smallest absolute Gasteiger partial charge is 0.185 e. The van der Waals surface area contributed by atoms with Crippen molar-refractivity contribution in [3.8, 4) is 0 Å². The summed E-state index contributed by atoms with van der Waals surface area (Å²) in [5.41, 5.74) is 1.03. The van der Waals surface area contributed by atoms with Crippen LogP contribution in [0.15, 0.2) is 30.3 Å². The Hall–Kier alpha value is 0.194. The Morgan fingerprint density at radius 3 is 1.33 bits per heavy atom. The molecule has 0 fully saturated rings. The minimum atomic E-state index is -1.73. The zero-order chi connectivity index (χ0) is 18.4. The van der Waals surface area contributed by atoms with E-state index in [2.05, 4.69) is 57.9 Å². The Labute approximate surface area is 161 Å². The highest BCUT2D eigenvalue weighted by molar-refractivity contribution is 6.94. The van der Waals surface area contributed by atoms with E-state index in [-0.39, 0.29) is 0 Å². The van der Waals surface area contributed by atoms with E-state index in [9.17, 15) is 0 Å². The normalized spacial score (nSPS) is 13.5. The second-order valence-corrected chi connectivity index (χ2v) is 18.6. The van der Waals surface area contributed by atoms with Crippen LogP contribution in [0.3, 0.4) is 0 Å². The van der Waals surface area contributed by atoms with Crippen molar-refractivity contribution in [2.75, 3.05) is 0 Å². The summed E-state index contributed by atoms with van der Waals surface area (Å²) in [7, 11) is -3.46. The second kappa shape index (κ2) is 9.22. The molecule has 0 radical (unpaired) electrons. The molecule has 0 N–H and O–H groups in total. The van der Waals surface area contributed by atoms with E-state index in [4.69, 9.17) is 23.2 Å². The molecule has 1 aromatic carbocycles. The molecule has 0 aromatic heterocycles. The molecule has 0 spiro atoms. The molecule has 138 valence electrons. The van der Waals surface area contributed by atoms with Gasteiger partial charge in [-0.15, -0.1) is 0 Å². The van der Waals surface area contributed by atoms with Crippen LogP contribution < -0.4 is 0 Å². The molecule has 0 saturated carbocycles. The fraction of sp³-hybridized carbons (Fsp3) is 0.684. The number of hydrogen-bond acceptors (Lipinski definition) is 1. The van der Waals surface area contributed by atoms with Crippen LogP contribution in [0.5, 0.6) is 0 Å². The van der Waals surface area contributed by atoms with Crippen molar-refractivity contribution < 1.29 is 0 Å². The summed E-state index contributed by atoms with van der Waals surface area (Å²) in [6.45, 7) is 14.1. The lowest BCUT2D eigenvalue weighted by Gasteiger charge is -2.57. The van der Waals surface area contributed by atoms with Gasteiger partial charge >= 0.3 is 0 Å². The number of nitrogens with zero attached hydrogens (tertiary/aromatic N) is 1. The monoisotopic (exact) mass is 403 g/mol. The Bertz CT molecular complexity index is 449. The molecular weight excluding hydrogens is 369 g/mol. The molecule has 0 aliphatic carbocycles. The molecule has 0 heterocycles. The zero-order valence-corrected chi connectivity index (χ0v) is 19.8. The maximum atomic E-state index is 7.23. The van der Waals surface area contributed by atoms with Crippen molar-refractivity contribution in [3.05, 3.63) is 35.9 Å². The Balaban J connectivity index is 3.65. The quantitative estimate of drug-likeness (QED) is 0.221. The van der Waals surface area contributed by atoms with E-state index >= 15 is 0 Å². The van der Waals surface area contributed by atoms with Crippen LogP contribution in [0.4, 0.5) is 0 Å². The van der Waals surface area contributed by atoms with E-state index in [1.165, 1.54) is 36.3 Å². The minimum Gasteiger partial charge on any atom is -0.311 e. The first-order valence-corrected chi connectivity index (χ1v) is 15.5. The Kier molecular flexibility index (Phi) is 8.55. The molecule has 0 bridgehead atoms. The molecule has 1 nitrogen and oxygen atoms in total. The van der Waals surface area contributed by atoms with Crippen LogP contribution in [0.2, 0.25) is 36.3 Å². The SMILES string of the molecule is CC[Si](CC)(CC)N(C(Cl)(Cl)c1ccccc1)[Si](CC)(CC)CC. The topological polar surface area (TPSA) is 3.24 Å². The summed E-state index contributed by atoms with van der Waals surface area (Å²) in [6.07, 6.45) is 0. The third kappa shape index (κ3) is 3.96. The van der Waals surface area contributed by atoms with Gasteiger partial charge in [-0.05, 0) is 36.3 Å². The van der Waals surface area contributed by atoms with Gasteiger partial charge in [0.1, 0.15) is 16.5 Å². The Morgan fingerprint density at radius 2 is 1.04 bits per heavy atom. The van der Waals surface area contributed by atoms with Gasteiger partial charge in [-0.2, -0.15) is 0 Å². The number of alkyl halides is 2. The first-order chi connectivity index (χ1) is 11.3. The van der Waals surface area contributed by atoms with Crippen LogP contribution in [-0.2, 0) is 4.46 Å². The van der Waals surface area contributed by atoms with E-state index in [0.29, 0.717) is 0 Å². The molecule has 1 aromatic rings. The minimum absolute atomic E-state index is 0.913. The molecule has 0 saturated heterocycles. The standard InChI is InChI=1S/C19H35Cl2NSi2/c1-7-23(8-2,9-3)22(24(10-4,11-5)12-6)19(20,21)18-16-14-13-15-17-18/h13-17H,7-12H2,1-6H3. The van der Waals surface area contributed by atoms with Gasteiger partial charge in [0.2, 0.25) is 0 Å². The average Bonchev–Trinajstić information content (AvgIpc) is 2.64. The molecule has 0 amide bonds. The summed E-state index contributed by atoms with van der Waals surface area (Å²) in [6, 6.07) is 17.6. The van der Waals surface area contributed by atoms with Crippen LogP contribution in [0.25, 0.3) is 0 Å². The lowest BCUT2D eigenvalue weighted by molar-refractivity contribution is 0.499. The zero-order valence-electron chi connectivity index (χ0n) is 16.3. The first kappa shape index (κ1) is 22.2. The maximum Gasteiger partial charge on any atom is 0.185 e. The highest BCUT2D eigenvalue weighted by Crippen LogP contribution is 2.49. The van der Waals surface area contributed by atoms with Crippen molar-refractivity contribution in [2.24, 2.45) is 0 Å². The highest BCUT2D eigenvalue weighted by atomic mass is 35.5. The van der Waals surface area contributed by atoms with E-state index in [1.54, 1.807) is 0 Å². The predicted octanol–water partition coefficient (Wildman–Crippen LogP) is 7.59. The van der Waals surface area contributed by atoms with Gasteiger partial charge in [0.25, 0.3) is 0 Å². The van der Waals surface area contributed by atoms with Gasteiger partial charge in [-0.1, -0.05) is 95.1 Å². The molecule has 24 heavy (non-hydrogen) atoms. The summed E-state index contributed by atoms with van der Waals surface area (Å²) >= 11 is 14.5. The number of hydrogen-bond donors (Lipinski definition) is 0. The molecule has 0 atom stereocenters. The summed E-state index contributed by atoms with van der Waals surface area (Å²) in [4.78, 5) is 0. The molecular formula is C19H35Cl2NSi2. The van der Waals surface area contributed by atoms with Gasteiger partial charge in [0.05, 0.1) is 0 Å². The van der Waals surface area contributed by atoms with Gasteiger partial charge in [0, 0.05) is 5.56 Å².